The van der Waals surface area contributed by atoms with Gasteiger partial charge in [0.2, 0.25) is 5.69 Å². The van der Waals surface area contributed by atoms with E-state index < -0.39 is 5.97 Å². The Balaban J connectivity index is 2.57. The van der Waals surface area contributed by atoms with Crippen molar-refractivity contribution in [2.45, 2.75) is 6.92 Å². The number of aryl methyl sites for hydroxylation is 1. The Hall–Kier alpha value is -1.82. The highest BCUT2D eigenvalue weighted by atomic mass is 79.9. The molecule has 0 unspecified atom stereocenters. The molecule has 17 heavy (non-hydrogen) atoms. The smallest absolute Gasteiger partial charge is 0.360 e. The van der Waals surface area contributed by atoms with Crippen molar-refractivity contribution >= 4 is 21.9 Å². The Morgan fingerprint density at radius 1 is 1.47 bits per heavy atom. The lowest BCUT2D eigenvalue weighted by molar-refractivity contribution is 0.0687. The molecule has 0 amide bonds. The van der Waals surface area contributed by atoms with Crippen LogP contribution in [0, 0.1) is 6.92 Å². The number of nitrogens with zero attached hydrogens (tertiary/aromatic N) is 2. The average molecular weight is 297 g/mol. The molecule has 1 heterocycles. The first-order valence-corrected chi connectivity index (χ1v) is 5.57. The molecular weight excluding hydrogens is 288 g/mol. The van der Waals surface area contributed by atoms with Crippen molar-refractivity contribution in [1.82, 2.24) is 9.78 Å². The van der Waals surface area contributed by atoms with Crippen LogP contribution in [0.15, 0.2) is 28.9 Å². The Kier molecular flexibility index (Phi) is 2.89. The molecule has 2 aromatic rings. The summed E-state index contributed by atoms with van der Waals surface area (Å²) in [5.74, 6) is -1.61. The van der Waals surface area contributed by atoms with E-state index in [1.165, 1.54) is 10.9 Å². The molecule has 0 fully saturated rings. The number of rotatable bonds is 2. The van der Waals surface area contributed by atoms with Gasteiger partial charge in [0.15, 0.2) is 5.75 Å². The number of benzene rings is 1. The molecule has 2 rings (SSSR count). The van der Waals surface area contributed by atoms with Gasteiger partial charge in [-0.2, -0.15) is 5.10 Å². The number of carbonyl (C=O) groups is 1. The van der Waals surface area contributed by atoms with Crippen LogP contribution in [0.4, 0.5) is 0 Å². The Labute approximate surface area is 105 Å². The lowest BCUT2D eigenvalue weighted by atomic mass is 10.2. The molecule has 1 aromatic carbocycles. The molecule has 6 heteroatoms. The van der Waals surface area contributed by atoms with Gasteiger partial charge in [-0.3, -0.25) is 0 Å². The molecule has 0 aliphatic rings. The third kappa shape index (κ3) is 2.16. The van der Waals surface area contributed by atoms with Crippen molar-refractivity contribution in [2.24, 2.45) is 0 Å². The van der Waals surface area contributed by atoms with E-state index in [0.29, 0.717) is 5.69 Å². The van der Waals surface area contributed by atoms with Crippen LogP contribution in [0.3, 0.4) is 0 Å². The summed E-state index contributed by atoms with van der Waals surface area (Å²) in [6.07, 6.45) is 1.28. The average Bonchev–Trinajstić information content (AvgIpc) is 2.64. The van der Waals surface area contributed by atoms with E-state index in [1.54, 1.807) is 6.07 Å². The van der Waals surface area contributed by atoms with Crippen LogP contribution in [-0.2, 0) is 0 Å². The zero-order valence-corrected chi connectivity index (χ0v) is 10.5. The van der Waals surface area contributed by atoms with E-state index in [2.05, 4.69) is 21.0 Å². The van der Waals surface area contributed by atoms with Crippen LogP contribution in [-0.4, -0.2) is 26.0 Å². The van der Waals surface area contributed by atoms with Crippen molar-refractivity contribution in [3.8, 4) is 11.4 Å². The second-order valence-corrected chi connectivity index (χ2v) is 4.46. The van der Waals surface area contributed by atoms with Gasteiger partial charge < -0.3 is 10.2 Å². The highest BCUT2D eigenvalue weighted by Crippen LogP contribution is 2.23. The summed E-state index contributed by atoms with van der Waals surface area (Å²) < 4.78 is 2.20. The molecule has 0 radical (unpaired) electrons. The first-order chi connectivity index (χ1) is 7.99. The molecule has 0 saturated carbocycles. The number of aromatic hydroxyl groups is 1. The fourth-order valence-electron chi connectivity index (χ4n) is 1.47. The minimum atomic E-state index is -1.26. The number of hydrogen-bond donors (Lipinski definition) is 2. The number of hydrogen-bond acceptors (Lipinski definition) is 3. The van der Waals surface area contributed by atoms with Gasteiger partial charge in [0.25, 0.3) is 0 Å². The van der Waals surface area contributed by atoms with Crippen LogP contribution >= 0.6 is 15.9 Å². The van der Waals surface area contributed by atoms with E-state index in [1.807, 2.05) is 19.1 Å². The number of halogens is 1. The predicted molar refractivity (Wildman–Crippen MR) is 64.6 cm³/mol. The quantitative estimate of drug-likeness (QED) is 0.892. The summed E-state index contributed by atoms with van der Waals surface area (Å²) in [5, 5.41) is 22.1. The molecule has 0 spiro atoms. The largest absolute Gasteiger partial charge is 0.504 e. The summed E-state index contributed by atoms with van der Waals surface area (Å²) in [4.78, 5) is 10.8. The first kappa shape index (κ1) is 11.7. The molecule has 0 aliphatic heterocycles. The molecule has 88 valence electrons. The molecule has 0 aliphatic carbocycles. The van der Waals surface area contributed by atoms with Gasteiger partial charge in [-0.15, -0.1) is 0 Å². The second-order valence-electron chi connectivity index (χ2n) is 3.54. The molecular formula is C11H9BrN2O3. The van der Waals surface area contributed by atoms with Gasteiger partial charge in [-0.25, -0.2) is 9.48 Å². The number of carboxylic acid groups (broad SMARTS) is 1. The van der Waals surface area contributed by atoms with Crippen LogP contribution < -0.4 is 0 Å². The minimum absolute atomic E-state index is 0.350. The summed E-state index contributed by atoms with van der Waals surface area (Å²) in [5.41, 5.74) is 1.28. The van der Waals surface area contributed by atoms with E-state index in [-0.39, 0.29) is 11.4 Å². The first-order valence-electron chi connectivity index (χ1n) is 4.77. The molecule has 0 atom stereocenters. The minimum Gasteiger partial charge on any atom is -0.504 e. The van der Waals surface area contributed by atoms with Gasteiger partial charge in [0, 0.05) is 4.47 Å². The SMILES string of the molecule is Cc1ccc(Br)cc1-n1cc(O)c(C(=O)O)n1. The van der Waals surface area contributed by atoms with Gasteiger partial charge in [0.05, 0.1) is 11.9 Å². The van der Waals surface area contributed by atoms with E-state index in [0.717, 1.165) is 10.0 Å². The third-order valence-corrected chi connectivity index (χ3v) is 2.81. The molecule has 0 saturated heterocycles. The topological polar surface area (TPSA) is 75.4 Å². The maximum absolute atomic E-state index is 10.8. The van der Waals surface area contributed by atoms with Gasteiger partial charge >= 0.3 is 5.97 Å². The zero-order chi connectivity index (χ0) is 12.6. The molecule has 2 N–H and O–H groups in total. The standard InChI is InChI=1S/C11H9BrN2O3/c1-6-2-3-7(12)4-8(6)14-5-9(15)10(13-14)11(16)17/h2-5,15H,1H3,(H,16,17). The summed E-state index contributed by atoms with van der Waals surface area (Å²) in [6, 6.07) is 5.55. The fourth-order valence-corrected chi connectivity index (χ4v) is 1.82. The highest BCUT2D eigenvalue weighted by molar-refractivity contribution is 9.10. The summed E-state index contributed by atoms with van der Waals surface area (Å²) >= 11 is 3.33. The molecule has 5 nitrogen and oxygen atoms in total. The van der Waals surface area contributed by atoms with Crippen molar-refractivity contribution in [1.29, 1.82) is 0 Å². The lowest BCUT2D eigenvalue weighted by Gasteiger charge is -2.05. The van der Waals surface area contributed by atoms with Crippen LogP contribution in [0.5, 0.6) is 5.75 Å². The Morgan fingerprint density at radius 3 is 2.76 bits per heavy atom. The van der Waals surface area contributed by atoms with Crippen LogP contribution in [0.25, 0.3) is 5.69 Å². The van der Waals surface area contributed by atoms with E-state index >= 15 is 0 Å². The van der Waals surface area contributed by atoms with Gasteiger partial charge in [-0.1, -0.05) is 22.0 Å². The van der Waals surface area contributed by atoms with Crippen molar-refractivity contribution in [3.63, 3.8) is 0 Å². The monoisotopic (exact) mass is 296 g/mol. The van der Waals surface area contributed by atoms with E-state index in [4.69, 9.17) is 5.11 Å². The second kappa shape index (κ2) is 4.21. The van der Waals surface area contributed by atoms with Crippen molar-refractivity contribution < 1.29 is 15.0 Å². The summed E-state index contributed by atoms with van der Waals surface area (Å²) in [6.45, 7) is 1.88. The van der Waals surface area contributed by atoms with Crippen molar-refractivity contribution in [2.75, 3.05) is 0 Å². The molecule has 1 aromatic heterocycles. The fraction of sp³-hybridized carbons (Fsp3) is 0.0909. The summed E-state index contributed by atoms with van der Waals surface area (Å²) in [7, 11) is 0. The highest BCUT2D eigenvalue weighted by Gasteiger charge is 2.16. The third-order valence-electron chi connectivity index (χ3n) is 2.32. The Bertz CT molecular complexity index is 592. The van der Waals surface area contributed by atoms with Crippen LogP contribution in [0.1, 0.15) is 16.1 Å². The number of carboxylic acids is 1. The van der Waals surface area contributed by atoms with Gasteiger partial charge in [-0.05, 0) is 24.6 Å². The zero-order valence-electron chi connectivity index (χ0n) is 8.88. The maximum atomic E-state index is 10.8. The van der Waals surface area contributed by atoms with Crippen molar-refractivity contribution in [3.05, 3.63) is 40.1 Å². The normalized spacial score (nSPS) is 10.5. The lowest BCUT2D eigenvalue weighted by Crippen LogP contribution is -2.02. The van der Waals surface area contributed by atoms with Crippen LogP contribution in [0.2, 0.25) is 0 Å². The van der Waals surface area contributed by atoms with E-state index in [9.17, 15) is 9.90 Å². The predicted octanol–water partition coefficient (Wildman–Crippen LogP) is 2.35. The van der Waals surface area contributed by atoms with Gasteiger partial charge in [0.1, 0.15) is 0 Å². The molecule has 0 bridgehead atoms. The Morgan fingerprint density at radius 2 is 2.18 bits per heavy atom. The number of aromatic nitrogens is 2. The number of aromatic carboxylic acids is 1. The maximum Gasteiger partial charge on any atom is 0.360 e.